The number of hydrogen-bond donors (Lipinski definition) is 1. The number of thiophene rings is 1. The smallest absolute Gasteiger partial charge is 0.282 e. The molecule has 2 unspecified atom stereocenters. The Kier molecular flexibility index (Phi) is 5.42. The summed E-state index contributed by atoms with van der Waals surface area (Å²) in [5.74, 6) is 0.0833. The predicted octanol–water partition coefficient (Wildman–Crippen LogP) is 2.27. The molecule has 1 saturated heterocycles. The van der Waals surface area contributed by atoms with Gasteiger partial charge in [0.05, 0.1) is 0 Å². The van der Waals surface area contributed by atoms with E-state index in [2.05, 4.69) is 5.38 Å². The Hall–Kier alpha value is -0.470. The summed E-state index contributed by atoms with van der Waals surface area (Å²) in [7, 11) is -1.73. The van der Waals surface area contributed by atoms with E-state index in [0.717, 1.165) is 31.2 Å². The molecular weight excluding hydrogens is 332 g/mol. The largest absolute Gasteiger partial charge is 0.396 e. The summed E-state index contributed by atoms with van der Waals surface area (Å²) in [4.78, 5) is 0. The molecule has 5 nitrogen and oxygen atoms in total. The lowest BCUT2D eigenvalue weighted by Gasteiger charge is -2.33. The van der Waals surface area contributed by atoms with Crippen molar-refractivity contribution in [3.05, 3.63) is 22.4 Å². The summed E-state index contributed by atoms with van der Waals surface area (Å²) < 4.78 is 29.1. The van der Waals surface area contributed by atoms with Crippen LogP contribution in [0.15, 0.2) is 16.8 Å². The molecule has 1 aromatic rings. The highest BCUT2D eigenvalue weighted by atomic mass is 32.2. The van der Waals surface area contributed by atoms with Crippen LogP contribution in [0.25, 0.3) is 0 Å². The van der Waals surface area contributed by atoms with Gasteiger partial charge in [0, 0.05) is 44.6 Å². The Labute approximate surface area is 143 Å². The molecule has 1 aliphatic carbocycles. The molecule has 0 aromatic carbocycles. The van der Waals surface area contributed by atoms with Gasteiger partial charge in [0.2, 0.25) is 0 Å². The lowest BCUT2D eigenvalue weighted by molar-refractivity contribution is 0.221. The van der Waals surface area contributed by atoms with E-state index >= 15 is 0 Å². The van der Waals surface area contributed by atoms with Gasteiger partial charge < -0.3 is 5.11 Å². The molecule has 7 heteroatoms. The van der Waals surface area contributed by atoms with Gasteiger partial charge in [0.15, 0.2) is 0 Å². The van der Waals surface area contributed by atoms with Gasteiger partial charge in [-0.3, -0.25) is 0 Å². The van der Waals surface area contributed by atoms with Crippen molar-refractivity contribution in [3.8, 4) is 0 Å². The van der Waals surface area contributed by atoms with Crippen molar-refractivity contribution in [3.63, 3.8) is 0 Å². The van der Waals surface area contributed by atoms with Crippen LogP contribution < -0.4 is 0 Å². The van der Waals surface area contributed by atoms with Gasteiger partial charge in [-0.2, -0.15) is 28.4 Å². The maximum atomic E-state index is 13.0. The normalized spacial score (nSPS) is 27.8. The predicted molar refractivity (Wildman–Crippen MR) is 92.8 cm³/mol. The second kappa shape index (κ2) is 7.19. The Morgan fingerprint density at radius 1 is 1.30 bits per heavy atom. The molecule has 0 bridgehead atoms. The summed E-state index contributed by atoms with van der Waals surface area (Å²) in [6.45, 7) is 0.914. The highest BCUT2D eigenvalue weighted by molar-refractivity contribution is 7.86. The van der Waals surface area contributed by atoms with Crippen LogP contribution in [0, 0.1) is 5.92 Å². The van der Waals surface area contributed by atoms with E-state index in [4.69, 9.17) is 0 Å². The number of hydrogen-bond acceptors (Lipinski definition) is 4. The summed E-state index contributed by atoms with van der Waals surface area (Å²) in [5.41, 5.74) is 1.15. The van der Waals surface area contributed by atoms with Crippen molar-refractivity contribution in [2.45, 2.75) is 44.1 Å². The third kappa shape index (κ3) is 3.49. The third-order valence-electron chi connectivity index (χ3n) is 5.39. The van der Waals surface area contributed by atoms with Crippen LogP contribution in [0.2, 0.25) is 0 Å². The summed E-state index contributed by atoms with van der Waals surface area (Å²) >= 11 is 1.62. The van der Waals surface area contributed by atoms with Crippen LogP contribution in [-0.2, 0) is 10.2 Å². The SMILES string of the molecule is CN(C1CCCCC1)S(=O)(=O)N1CC(CO)C(c2ccsc2)C1. The van der Waals surface area contributed by atoms with Crippen molar-refractivity contribution in [1.82, 2.24) is 8.61 Å². The first-order valence-corrected chi connectivity index (χ1v) is 10.7. The second-order valence-electron chi connectivity index (χ2n) is 6.74. The van der Waals surface area contributed by atoms with Gasteiger partial charge in [-0.15, -0.1) is 0 Å². The Morgan fingerprint density at radius 3 is 2.65 bits per heavy atom. The van der Waals surface area contributed by atoms with Crippen LogP contribution in [0.1, 0.15) is 43.6 Å². The lowest BCUT2D eigenvalue weighted by atomic mass is 9.92. The second-order valence-corrected chi connectivity index (χ2v) is 9.51. The van der Waals surface area contributed by atoms with Crippen molar-refractivity contribution in [1.29, 1.82) is 0 Å². The molecule has 2 heterocycles. The van der Waals surface area contributed by atoms with Crippen molar-refractivity contribution in [2.75, 3.05) is 26.7 Å². The minimum atomic E-state index is -3.45. The van der Waals surface area contributed by atoms with E-state index < -0.39 is 10.2 Å². The van der Waals surface area contributed by atoms with Gasteiger partial charge in [0.1, 0.15) is 0 Å². The maximum Gasteiger partial charge on any atom is 0.282 e. The van der Waals surface area contributed by atoms with Gasteiger partial charge in [-0.1, -0.05) is 19.3 Å². The maximum absolute atomic E-state index is 13.0. The minimum Gasteiger partial charge on any atom is -0.396 e. The Balaban J connectivity index is 1.75. The fourth-order valence-corrected chi connectivity index (χ4v) is 6.29. The molecule has 1 aliphatic heterocycles. The molecular formula is C16H26N2O3S2. The van der Waals surface area contributed by atoms with Crippen molar-refractivity contribution in [2.24, 2.45) is 5.92 Å². The quantitative estimate of drug-likeness (QED) is 0.878. The van der Waals surface area contributed by atoms with E-state index in [-0.39, 0.29) is 24.5 Å². The van der Waals surface area contributed by atoms with Gasteiger partial charge in [-0.25, -0.2) is 0 Å². The molecule has 3 rings (SSSR count). The highest BCUT2D eigenvalue weighted by Crippen LogP contribution is 2.36. The number of rotatable bonds is 5. The van der Waals surface area contributed by atoms with Crippen molar-refractivity contribution >= 4 is 21.5 Å². The molecule has 2 atom stereocenters. The number of aliphatic hydroxyl groups is 1. The molecule has 1 N–H and O–H groups in total. The topological polar surface area (TPSA) is 60.9 Å². The van der Waals surface area contributed by atoms with Gasteiger partial charge in [-0.05, 0) is 35.2 Å². The van der Waals surface area contributed by atoms with Crippen LogP contribution in [0.5, 0.6) is 0 Å². The molecule has 0 radical (unpaired) electrons. The molecule has 130 valence electrons. The standard InChI is InChI=1S/C16H26N2O3S2/c1-17(15-5-3-2-4-6-15)23(20,21)18-9-14(11-19)16(10-18)13-7-8-22-12-13/h7-8,12,14-16,19H,2-6,9-11H2,1H3. The van der Waals surface area contributed by atoms with Gasteiger partial charge in [0.25, 0.3) is 10.2 Å². The van der Waals surface area contributed by atoms with E-state index in [1.807, 2.05) is 11.4 Å². The highest BCUT2D eigenvalue weighted by Gasteiger charge is 2.42. The third-order valence-corrected chi connectivity index (χ3v) is 8.07. The summed E-state index contributed by atoms with van der Waals surface area (Å²) in [5, 5.41) is 13.7. The first kappa shape index (κ1) is 17.4. The van der Waals surface area contributed by atoms with Crippen LogP contribution in [-0.4, -0.2) is 54.9 Å². The van der Waals surface area contributed by atoms with E-state index in [0.29, 0.717) is 13.1 Å². The average Bonchev–Trinajstić information content (AvgIpc) is 3.23. The molecule has 23 heavy (non-hydrogen) atoms. The summed E-state index contributed by atoms with van der Waals surface area (Å²) in [6.07, 6.45) is 5.35. The molecule has 0 spiro atoms. The Morgan fingerprint density at radius 2 is 2.04 bits per heavy atom. The fourth-order valence-electron chi connectivity index (χ4n) is 3.88. The van der Waals surface area contributed by atoms with Crippen LogP contribution >= 0.6 is 11.3 Å². The molecule has 0 amide bonds. The fraction of sp³-hybridized carbons (Fsp3) is 0.750. The zero-order valence-electron chi connectivity index (χ0n) is 13.6. The molecule has 2 fully saturated rings. The first-order chi connectivity index (χ1) is 11.0. The van der Waals surface area contributed by atoms with E-state index in [9.17, 15) is 13.5 Å². The number of nitrogens with zero attached hydrogens (tertiary/aromatic N) is 2. The average molecular weight is 359 g/mol. The zero-order valence-corrected chi connectivity index (χ0v) is 15.2. The molecule has 1 aromatic heterocycles. The van der Waals surface area contributed by atoms with Crippen LogP contribution in [0.3, 0.4) is 0 Å². The molecule has 2 aliphatic rings. The van der Waals surface area contributed by atoms with E-state index in [1.54, 1.807) is 27.0 Å². The Bertz CT molecular complexity index is 597. The summed E-state index contributed by atoms with van der Waals surface area (Å²) in [6, 6.07) is 2.17. The monoisotopic (exact) mass is 358 g/mol. The lowest BCUT2D eigenvalue weighted by Crippen LogP contribution is -2.46. The van der Waals surface area contributed by atoms with Crippen molar-refractivity contribution < 1.29 is 13.5 Å². The van der Waals surface area contributed by atoms with Gasteiger partial charge >= 0.3 is 0 Å². The first-order valence-electron chi connectivity index (χ1n) is 8.40. The van der Waals surface area contributed by atoms with E-state index in [1.165, 1.54) is 6.42 Å². The zero-order chi connectivity index (χ0) is 16.4. The molecule has 1 saturated carbocycles. The minimum absolute atomic E-state index is 0.0147. The number of aliphatic hydroxyl groups excluding tert-OH is 1. The van der Waals surface area contributed by atoms with Crippen LogP contribution in [0.4, 0.5) is 0 Å².